The molecule has 0 spiro atoms. The van der Waals surface area contributed by atoms with E-state index in [4.69, 9.17) is 16.3 Å². The summed E-state index contributed by atoms with van der Waals surface area (Å²) in [5.41, 5.74) is 1.69. The molecule has 2 aromatic rings. The highest BCUT2D eigenvalue weighted by molar-refractivity contribution is 6.30. The molecule has 124 valence electrons. The monoisotopic (exact) mass is 346 g/mol. The van der Waals surface area contributed by atoms with Crippen LogP contribution in [-0.2, 0) is 9.53 Å². The van der Waals surface area contributed by atoms with Crippen LogP contribution < -0.4 is 4.90 Å². The standard InChI is InChI=1S/C17H15ClN2O4/c1-2-24-17(21)16-15(11-3-7-14(8-4-11)20(22)23)19(16)13-9-5-12(18)6-10-13/h3-10,15-16H,2H2,1H3/t15-,16-,19?/m1/s1. The molecule has 0 aromatic heterocycles. The maximum atomic E-state index is 12.2. The van der Waals surface area contributed by atoms with Gasteiger partial charge in [-0.2, -0.15) is 0 Å². The average Bonchev–Trinajstić information content (AvgIpc) is 3.31. The lowest BCUT2D eigenvalue weighted by Gasteiger charge is -2.06. The van der Waals surface area contributed by atoms with Crippen LogP contribution in [0.5, 0.6) is 0 Å². The van der Waals surface area contributed by atoms with Gasteiger partial charge in [-0.15, -0.1) is 0 Å². The van der Waals surface area contributed by atoms with Gasteiger partial charge in [-0.3, -0.25) is 10.1 Å². The minimum Gasteiger partial charge on any atom is -0.464 e. The molecule has 7 heteroatoms. The number of benzene rings is 2. The van der Waals surface area contributed by atoms with Crippen molar-refractivity contribution in [3.8, 4) is 0 Å². The summed E-state index contributed by atoms with van der Waals surface area (Å²) >= 11 is 5.91. The number of esters is 1. The van der Waals surface area contributed by atoms with Crippen LogP contribution in [0.1, 0.15) is 18.5 Å². The Morgan fingerprint density at radius 3 is 2.38 bits per heavy atom. The molecule has 0 aliphatic carbocycles. The van der Waals surface area contributed by atoms with Crippen molar-refractivity contribution in [2.24, 2.45) is 0 Å². The molecular weight excluding hydrogens is 332 g/mol. The first-order valence-electron chi connectivity index (χ1n) is 7.48. The number of nitro benzene ring substituents is 1. The summed E-state index contributed by atoms with van der Waals surface area (Å²) < 4.78 is 5.14. The molecule has 0 N–H and O–H groups in total. The van der Waals surface area contributed by atoms with E-state index in [1.165, 1.54) is 12.1 Å². The number of hydrogen-bond donors (Lipinski definition) is 0. The molecule has 2 atom stereocenters. The van der Waals surface area contributed by atoms with Crippen molar-refractivity contribution in [2.75, 3.05) is 11.5 Å². The van der Waals surface area contributed by atoms with Gasteiger partial charge in [0.15, 0.2) is 6.04 Å². The van der Waals surface area contributed by atoms with E-state index >= 15 is 0 Å². The Morgan fingerprint density at radius 1 is 1.21 bits per heavy atom. The summed E-state index contributed by atoms with van der Waals surface area (Å²) in [6.07, 6.45) is 0. The first-order valence-corrected chi connectivity index (χ1v) is 7.85. The first kappa shape index (κ1) is 16.3. The molecule has 0 radical (unpaired) electrons. The number of rotatable bonds is 5. The molecule has 0 bridgehead atoms. The number of hydrogen-bond acceptors (Lipinski definition) is 5. The Kier molecular flexibility index (Phi) is 4.40. The van der Waals surface area contributed by atoms with Gasteiger partial charge in [-0.25, -0.2) is 4.79 Å². The van der Waals surface area contributed by atoms with E-state index in [9.17, 15) is 14.9 Å². The lowest BCUT2D eigenvalue weighted by atomic mass is 10.1. The zero-order valence-corrected chi connectivity index (χ0v) is 13.6. The fraction of sp³-hybridized carbons (Fsp3) is 0.235. The highest BCUT2D eigenvalue weighted by Gasteiger charge is 2.54. The van der Waals surface area contributed by atoms with Gasteiger partial charge in [0.1, 0.15) is 0 Å². The zero-order chi connectivity index (χ0) is 17.3. The Bertz CT molecular complexity index is 761. The summed E-state index contributed by atoms with van der Waals surface area (Å²) in [4.78, 5) is 24.5. The molecule has 0 saturated carbocycles. The molecule has 1 saturated heterocycles. The van der Waals surface area contributed by atoms with Crippen LogP contribution in [-0.4, -0.2) is 23.5 Å². The van der Waals surface area contributed by atoms with Crippen LogP contribution in [0.2, 0.25) is 5.02 Å². The van der Waals surface area contributed by atoms with Crippen molar-refractivity contribution in [1.29, 1.82) is 0 Å². The largest absolute Gasteiger partial charge is 0.464 e. The molecule has 0 unspecified atom stereocenters. The molecule has 1 aliphatic rings. The molecule has 6 nitrogen and oxygen atoms in total. The Hall–Kier alpha value is -2.60. The van der Waals surface area contributed by atoms with E-state index in [1.54, 1.807) is 31.2 Å². The minimum absolute atomic E-state index is 0.0186. The second-order valence-corrected chi connectivity index (χ2v) is 5.81. The third kappa shape index (κ3) is 3.05. The van der Waals surface area contributed by atoms with Crippen LogP contribution in [0.4, 0.5) is 11.4 Å². The molecule has 0 amide bonds. The summed E-state index contributed by atoms with van der Waals surface area (Å²) in [6, 6.07) is 12.8. The van der Waals surface area contributed by atoms with Crippen LogP contribution in [0.15, 0.2) is 48.5 Å². The molecule has 1 fully saturated rings. The van der Waals surface area contributed by atoms with Crippen molar-refractivity contribution < 1.29 is 14.5 Å². The van der Waals surface area contributed by atoms with Gasteiger partial charge >= 0.3 is 5.97 Å². The molecule has 1 aliphatic heterocycles. The Labute approximate surface area is 143 Å². The van der Waals surface area contributed by atoms with Crippen molar-refractivity contribution >= 4 is 28.9 Å². The Balaban J connectivity index is 1.89. The van der Waals surface area contributed by atoms with Gasteiger partial charge in [-0.1, -0.05) is 23.7 Å². The van der Waals surface area contributed by atoms with E-state index in [2.05, 4.69) is 0 Å². The third-order valence-electron chi connectivity index (χ3n) is 3.91. The molecule has 24 heavy (non-hydrogen) atoms. The summed E-state index contributed by atoms with van der Waals surface area (Å²) in [7, 11) is 0. The van der Waals surface area contributed by atoms with Gasteiger partial charge in [0.05, 0.1) is 17.6 Å². The summed E-state index contributed by atoms with van der Waals surface area (Å²) in [6.45, 7) is 2.06. The minimum atomic E-state index is -0.448. The van der Waals surface area contributed by atoms with Crippen LogP contribution >= 0.6 is 11.6 Å². The van der Waals surface area contributed by atoms with E-state index in [1.807, 2.05) is 17.0 Å². The maximum absolute atomic E-state index is 12.2. The third-order valence-corrected chi connectivity index (χ3v) is 4.16. The SMILES string of the molecule is CCOC(=O)[C@H]1[C@@H](c2ccc([N+](=O)[O-])cc2)N1c1ccc(Cl)cc1. The smallest absolute Gasteiger partial charge is 0.331 e. The van der Waals surface area contributed by atoms with Crippen molar-refractivity contribution in [3.05, 3.63) is 69.2 Å². The molecule has 2 aromatic carbocycles. The highest BCUT2D eigenvalue weighted by atomic mass is 35.5. The zero-order valence-electron chi connectivity index (χ0n) is 12.9. The fourth-order valence-corrected chi connectivity index (χ4v) is 2.90. The van der Waals surface area contributed by atoms with Crippen molar-refractivity contribution in [1.82, 2.24) is 0 Å². The number of ether oxygens (including phenoxy) is 1. The Morgan fingerprint density at radius 2 is 1.83 bits per heavy atom. The summed E-state index contributed by atoms with van der Waals surface area (Å²) in [5.74, 6) is -0.309. The number of nitro groups is 1. The van der Waals surface area contributed by atoms with E-state index in [0.717, 1.165) is 11.3 Å². The van der Waals surface area contributed by atoms with Gasteiger partial charge in [0.2, 0.25) is 0 Å². The van der Waals surface area contributed by atoms with E-state index in [0.29, 0.717) is 11.6 Å². The number of non-ortho nitro benzene ring substituents is 1. The van der Waals surface area contributed by atoms with Gasteiger partial charge in [-0.05, 0) is 36.8 Å². The number of carbonyl (C=O) groups is 1. The molecule has 3 rings (SSSR count). The van der Waals surface area contributed by atoms with Gasteiger partial charge in [0, 0.05) is 22.8 Å². The normalized spacial score (nSPS) is 19.0. The second-order valence-electron chi connectivity index (χ2n) is 5.37. The fourth-order valence-electron chi connectivity index (χ4n) is 2.77. The van der Waals surface area contributed by atoms with Crippen molar-refractivity contribution in [3.63, 3.8) is 0 Å². The number of anilines is 1. The van der Waals surface area contributed by atoms with E-state index < -0.39 is 11.0 Å². The average molecular weight is 347 g/mol. The lowest BCUT2D eigenvalue weighted by molar-refractivity contribution is -0.384. The number of halogens is 1. The lowest BCUT2D eigenvalue weighted by Crippen LogP contribution is -2.15. The molecule has 1 heterocycles. The summed E-state index contributed by atoms with van der Waals surface area (Å²) in [5, 5.41) is 11.4. The second kappa shape index (κ2) is 6.49. The predicted molar refractivity (Wildman–Crippen MR) is 90.2 cm³/mol. The van der Waals surface area contributed by atoms with E-state index in [-0.39, 0.29) is 17.7 Å². The highest BCUT2D eigenvalue weighted by Crippen LogP contribution is 2.47. The van der Waals surface area contributed by atoms with Gasteiger partial charge < -0.3 is 9.64 Å². The number of nitrogens with zero attached hydrogens (tertiary/aromatic N) is 2. The first-order chi connectivity index (χ1) is 11.5. The van der Waals surface area contributed by atoms with Gasteiger partial charge in [0.25, 0.3) is 5.69 Å². The topological polar surface area (TPSA) is 72.5 Å². The predicted octanol–water partition coefficient (Wildman–Crippen LogP) is 3.74. The number of carbonyl (C=O) groups excluding carboxylic acids is 1. The quantitative estimate of drug-likeness (QED) is 0.357. The van der Waals surface area contributed by atoms with Crippen LogP contribution in [0, 0.1) is 10.1 Å². The maximum Gasteiger partial charge on any atom is 0.331 e. The van der Waals surface area contributed by atoms with Crippen LogP contribution in [0.25, 0.3) is 0 Å². The molecular formula is C17H15ClN2O4. The van der Waals surface area contributed by atoms with Crippen molar-refractivity contribution in [2.45, 2.75) is 19.0 Å². The van der Waals surface area contributed by atoms with Crippen LogP contribution in [0.3, 0.4) is 0 Å².